The molecule has 0 aliphatic carbocycles. The Kier molecular flexibility index (Phi) is 4.43. The third-order valence-electron chi connectivity index (χ3n) is 8.00. The predicted molar refractivity (Wildman–Crippen MR) is 172 cm³/mol. The van der Waals surface area contributed by atoms with Crippen LogP contribution in [-0.4, -0.2) is 4.57 Å². The zero-order chi connectivity index (χ0) is 25.5. The number of para-hydroxylation sites is 2. The Morgan fingerprint density at radius 3 is 1.54 bits per heavy atom. The number of hydrogen-bond acceptors (Lipinski definition) is 2. The van der Waals surface area contributed by atoms with Gasteiger partial charge < -0.3 is 4.57 Å². The van der Waals surface area contributed by atoms with Crippen LogP contribution < -0.4 is 0 Å². The highest BCUT2D eigenvalue weighted by Crippen LogP contribution is 2.41. The van der Waals surface area contributed by atoms with E-state index < -0.39 is 0 Å². The van der Waals surface area contributed by atoms with Crippen molar-refractivity contribution in [3.05, 3.63) is 127 Å². The SMILES string of the molecule is c1ccc2c(c1)sc1ccc(-c3ccc4sc5cc(-n6c7ccccc7c7ccccc76)ccc5c4c3)cc12. The molecule has 0 fully saturated rings. The molecular formula is C36H21NS2. The van der Waals surface area contributed by atoms with Gasteiger partial charge in [-0.1, -0.05) is 72.8 Å². The standard InChI is InChI=1S/C36H21NS2/c1-4-10-31-25(7-1)26-8-2-5-11-32(26)37(31)24-15-16-28-30-20-23(14-18-35(30)39-36(28)21-24)22-13-17-34-29(19-22)27-9-3-6-12-33(27)38-34/h1-21H. The van der Waals surface area contributed by atoms with Gasteiger partial charge in [-0.25, -0.2) is 0 Å². The molecule has 0 spiro atoms. The van der Waals surface area contributed by atoms with Gasteiger partial charge in [-0.3, -0.25) is 0 Å². The number of benzene rings is 6. The summed E-state index contributed by atoms with van der Waals surface area (Å²) in [6.07, 6.45) is 0. The topological polar surface area (TPSA) is 4.93 Å². The summed E-state index contributed by atoms with van der Waals surface area (Å²) in [5, 5.41) is 7.94. The van der Waals surface area contributed by atoms with Crippen LogP contribution in [0.1, 0.15) is 0 Å². The molecule has 0 N–H and O–H groups in total. The Bertz CT molecular complexity index is 2350. The summed E-state index contributed by atoms with van der Waals surface area (Å²) in [6, 6.07) is 47.0. The molecule has 0 unspecified atom stereocenters. The fraction of sp³-hybridized carbons (Fsp3) is 0. The van der Waals surface area contributed by atoms with E-state index in [9.17, 15) is 0 Å². The molecule has 0 saturated heterocycles. The number of rotatable bonds is 2. The van der Waals surface area contributed by atoms with Crippen molar-refractivity contribution in [3.63, 3.8) is 0 Å². The van der Waals surface area contributed by atoms with Crippen molar-refractivity contribution < 1.29 is 0 Å². The average Bonchev–Trinajstić information content (AvgIpc) is 3.65. The van der Waals surface area contributed by atoms with Gasteiger partial charge in [-0.2, -0.15) is 0 Å². The average molecular weight is 532 g/mol. The Labute approximate surface area is 232 Å². The van der Waals surface area contributed by atoms with Crippen molar-refractivity contribution in [1.82, 2.24) is 4.57 Å². The fourth-order valence-electron chi connectivity index (χ4n) is 6.19. The van der Waals surface area contributed by atoms with Crippen LogP contribution in [0.15, 0.2) is 127 Å². The molecule has 182 valence electrons. The molecule has 0 saturated carbocycles. The lowest BCUT2D eigenvalue weighted by Gasteiger charge is -2.08. The normalized spacial score (nSPS) is 12.1. The molecule has 0 atom stereocenters. The summed E-state index contributed by atoms with van der Waals surface area (Å²) in [5.41, 5.74) is 6.25. The van der Waals surface area contributed by atoms with Crippen molar-refractivity contribution in [2.75, 3.05) is 0 Å². The number of hydrogen-bond donors (Lipinski definition) is 0. The van der Waals surface area contributed by atoms with Crippen LogP contribution in [-0.2, 0) is 0 Å². The minimum Gasteiger partial charge on any atom is -0.309 e. The molecular weight excluding hydrogens is 511 g/mol. The van der Waals surface area contributed by atoms with E-state index >= 15 is 0 Å². The highest BCUT2D eigenvalue weighted by molar-refractivity contribution is 7.26. The monoisotopic (exact) mass is 531 g/mol. The molecule has 3 heterocycles. The highest BCUT2D eigenvalue weighted by atomic mass is 32.1. The third kappa shape index (κ3) is 3.12. The van der Waals surface area contributed by atoms with Gasteiger partial charge in [0.2, 0.25) is 0 Å². The van der Waals surface area contributed by atoms with Crippen LogP contribution >= 0.6 is 22.7 Å². The molecule has 0 radical (unpaired) electrons. The maximum atomic E-state index is 2.40. The van der Waals surface area contributed by atoms with Crippen molar-refractivity contribution >= 4 is 84.8 Å². The summed E-state index contributed by atoms with van der Waals surface area (Å²) < 4.78 is 7.75. The maximum absolute atomic E-state index is 2.40. The van der Waals surface area contributed by atoms with Gasteiger partial charge in [0.25, 0.3) is 0 Å². The van der Waals surface area contributed by atoms with Gasteiger partial charge >= 0.3 is 0 Å². The molecule has 39 heavy (non-hydrogen) atoms. The second-order valence-electron chi connectivity index (χ2n) is 10.2. The van der Waals surface area contributed by atoms with Gasteiger partial charge in [0.05, 0.1) is 11.0 Å². The summed E-state index contributed by atoms with van der Waals surface area (Å²) >= 11 is 3.75. The molecule has 0 bridgehead atoms. The van der Waals surface area contributed by atoms with E-state index in [4.69, 9.17) is 0 Å². The molecule has 0 aliphatic heterocycles. The van der Waals surface area contributed by atoms with Crippen molar-refractivity contribution in [2.24, 2.45) is 0 Å². The first-order chi connectivity index (χ1) is 19.3. The first kappa shape index (κ1) is 21.5. The molecule has 9 rings (SSSR count). The Morgan fingerprint density at radius 2 is 0.872 bits per heavy atom. The van der Waals surface area contributed by atoms with Crippen LogP contribution in [0.5, 0.6) is 0 Å². The van der Waals surface area contributed by atoms with Gasteiger partial charge in [0.15, 0.2) is 0 Å². The third-order valence-corrected chi connectivity index (χ3v) is 10.3. The minimum atomic E-state index is 1.21. The Hall–Kier alpha value is -4.44. The van der Waals surface area contributed by atoms with Crippen molar-refractivity contribution in [1.29, 1.82) is 0 Å². The van der Waals surface area contributed by atoms with E-state index in [1.54, 1.807) is 0 Å². The van der Waals surface area contributed by atoms with Crippen molar-refractivity contribution in [3.8, 4) is 16.8 Å². The van der Waals surface area contributed by atoms with Crippen LogP contribution in [0.25, 0.3) is 79.0 Å². The van der Waals surface area contributed by atoms with Crippen LogP contribution in [0.3, 0.4) is 0 Å². The van der Waals surface area contributed by atoms with Crippen LogP contribution in [0.4, 0.5) is 0 Å². The van der Waals surface area contributed by atoms with E-state index in [1.165, 1.54) is 79.0 Å². The predicted octanol–water partition coefficient (Wildman–Crippen LogP) is 11.2. The quantitative estimate of drug-likeness (QED) is 0.209. The largest absolute Gasteiger partial charge is 0.309 e. The lowest BCUT2D eigenvalue weighted by atomic mass is 10.0. The van der Waals surface area contributed by atoms with Gasteiger partial charge in [-0.05, 0) is 65.7 Å². The first-order valence-corrected chi connectivity index (χ1v) is 14.8. The summed E-state index contributed by atoms with van der Waals surface area (Å²) in [7, 11) is 0. The summed E-state index contributed by atoms with van der Waals surface area (Å²) in [4.78, 5) is 0. The number of fused-ring (bicyclic) bond motifs is 9. The van der Waals surface area contributed by atoms with E-state index in [0.717, 1.165) is 0 Å². The van der Waals surface area contributed by atoms with E-state index in [1.807, 2.05) is 22.7 Å². The molecule has 3 aromatic heterocycles. The second kappa shape index (κ2) is 8.03. The van der Waals surface area contributed by atoms with Gasteiger partial charge in [-0.15, -0.1) is 22.7 Å². The smallest absolute Gasteiger partial charge is 0.0541 e. The van der Waals surface area contributed by atoms with E-state index in [2.05, 4.69) is 132 Å². The number of nitrogens with zero attached hydrogens (tertiary/aromatic N) is 1. The zero-order valence-corrected chi connectivity index (χ0v) is 22.5. The summed E-state index contributed by atoms with van der Waals surface area (Å²) in [6.45, 7) is 0. The molecule has 0 amide bonds. The Morgan fingerprint density at radius 1 is 0.359 bits per heavy atom. The molecule has 3 heteroatoms. The van der Waals surface area contributed by atoms with Gasteiger partial charge in [0.1, 0.15) is 0 Å². The highest BCUT2D eigenvalue weighted by Gasteiger charge is 2.14. The zero-order valence-electron chi connectivity index (χ0n) is 20.9. The Balaban J connectivity index is 1.22. The maximum Gasteiger partial charge on any atom is 0.0541 e. The minimum absolute atomic E-state index is 1.21. The first-order valence-electron chi connectivity index (χ1n) is 13.2. The van der Waals surface area contributed by atoms with Gasteiger partial charge in [0, 0.05) is 56.8 Å². The van der Waals surface area contributed by atoms with E-state index in [-0.39, 0.29) is 0 Å². The number of thiophene rings is 2. The van der Waals surface area contributed by atoms with Crippen LogP contribution in [0, 0.1) is 0 Å². The molecule has 6 aromatic carbocycles. The second-order valence-corrected chi connectivity index (χ2v) is 12.3. The van der Waals surface area contributed by atoms with Crippen LogP contribution in [0.2, 0.25) is 0 Å². The number of aromatic nitrogens is 1. The lowest BCUT2D eigenvalue weighted by molar-refractivity contribution is 1.19. The van der Waals surface area contributed by atoms with E-state index in [0.29, 0.717) is 0 Å². The molecule has 0 aliphatic rings. The fourth-order valence-corrected chi connectivity index (χ4v) is 8.40. The lowest BCUT2D eigenvalue weighted by Crippen LogP contribution is -1.92. The molecule has 9 aromatic rings. The summed E-state index contributed by atoms with van der Waals surface area (Å²) in [5.74, 6) is 0. The molecule has 1 nitrogen and oxygen atoms in total. The van der Waals surface area contributed by atoms with Crippen molar-refractivity contribution in [2.45, 2.75) is 0 Å².